The van der Waals surface area contributed by atoms with Gasteiger partial charge in [0, 0.05) is 30.2 Å². The first-order valence-corrected chi connectivity index (χ1v) is 10.4. The van der Waals surface area contributed by atoms with E-state index in [0.717, 1.165) is 42.4 Å². The third-order valence-corrected chi connectivity index (χ3v) is 6.54. The maximum atomic E-state index is 11.9. The molecule has 1 heterocycles. The van der Waals surface area contributed by atoms with Gasteiger partial charge in [0.15, 0.2) is 0 Å². The van der Waals surface area contributed by atoms with Crippen molar-refractivity contribution < 1.29 is 12.8 Å². The zero-order chi connectivity index (χ0) is 19.4. The fourth-order valence-electron chi connectivity index (χ4n) is 2.56. The lowest BCUT2D eigenvalue weighted by atomic mass is 10.1. The van der Waals surface area contributed by atoms with E-state index in [2.05, 4.69) is 10.0 Å². The molecule has 0 unspecified atom stereocenters. The minimum absolute atomic E-state index is 0.348. The van der Waals surface area contributed by atoms with Gasteiger partial charge in [0.05, 0.1) is 4.75 Å². The number of benzene rings is 1. The molecular weight excluding hydrogens is 352 g/mol. The SMILES string of the molecule is Cc1c(NCCCCCNS(=O)(=O)C(C)(C)C)ccc2oc(=O)ccc12. The van der Waals surface area contributed by atoms with Crippen molar-refractivity contribution in [1.29, 1.82) is 0 Å². The van der Waals surface area contributed by atoms with Gasteiger partial charge in [-0.05, 0) is 64.3 Å². The molecule has 2 rings (SSSR count). The number of anilines is 1. The summed E-state index contributed by atoms with van der Waals surface area (Å²) in [6.45, 7) is 8.33. The van der Waals surface area contributed by atoms with Crippen LogP contribution >= 0.6 is 0 Å². The first-order chi connectivity index (χ1) is 12.1. The van der Waals surface area contributed by atoms with E-state index in [1.54, 1.807) is 32.9 Å². The maximum absolute atomic E-state index is 11.9. The van der Waals surface area contributed by atoms with Crippen molar-refractivity contribution in [1.82, 2.24) is 4.72 Å². The zero-order valence-corrected chi connectivity index (χ0v) is 16.7. The predicted molar refractivity (Wildman–Crippen MR) is 106 cm³/mol. The molecule has 0 fully saturated rings. The van der Waals surface area contributed by atoms with Crippen molar-refractivity contribution in [2.45, 2.75) is 51.7 Å². The quantitative estimate of drug-likeness (QED) is 0.541. The molecule has 6 nitrogen and oxygen atoms in total. The molecule has 2 aromatic rings. The van der Waals surface area contributed by atoms with Gasteiger partial charge in [-0.1, -0.05) is 6.42 Å². The highest BCUT2D eigenvalue weighted by atomic mass is 32.2. The fourth-order valence-corrected chi connectivity index (χ4v) is 3.40. The molecule has 0 amide bonds. The van der Waals surface area contributed by atoms with Crippen LogP contribution in [0.4, 0.5) is 5.69 Å². The Morgan fingerprint density at radius 1 is 1.00 bits per heavy atom. The average Bonchev–Trinajstić information content (AvgIpc) is 2.54. The van der Waals surface area contributed by atoms with Crippen LogP contribution in [0.15, 0.2) is 33.5 Å². The number of fused-ring (bicyclic) bond motifs is 1. The Morgan fingerprint density at radius 2 is 1.69 bits per heavy atom. The van der Waals surface area contributed by atoms with Gasteiger partial charge >= 0.3 is 5.63 Å². The molecule has 0 saturated carbocycles. The molecule has 0 aliphatic rings. The van der Waals surface area contributed by atoms with Crippen molar-refractivity contribution in [3.8, 4) is 0 Å². The van der Waals surface area contributed by atoms with Gasteiger partial charge < -0.3 is 9.73 Å². The average molecular weight is 381 g/mol. The van der Waals surface area contributed by atoms with E-state index >= 15 is 0 Å². The van der Waals surface area contributed by atoms with E-state index in [-0.39, 0.29) is 5.63 Å². The second-order valence-corrected chi connectivity index (χ2v) is 9.92. The summed E-state index contributed by atoms with van der Waals surface area (Å²) in [5.74, 6) is 0. The van der Waals surface area contributed by atoms with Gasteiger partial charge in [-0.25, -0.2) is 17.9 Å². The number of hydrogen-bond donors (Lipinski definition) is 2. The minimum atomic E-state index is -3.26. The summed E-state index contributed by atoms with van der Waals surface area (Å²) < 4.78 is 30.9. The number of nitrogens with one attached hydrogen (secondary N) is 2. The van der Waals surface area contributed by atoms with Gasteiger partial charge in [-0.3, -0.25) is 0 Å². The fraction of sp³-hybridized carbons (Fsp3) is 0.526. The van der Waals surface area contributed by atoms with Crippen LogP contribution in [0.3, 0.4) is 0 Å². The van der Waals surface area contributed by atoms with Gasteiger partial charge in [0.25, 0.3) is 0 Å². The van der Waals surface area contributed by atoms with E-state index in [4.69, 9.17) is 4.42 Å². The molecule has 26 heavy (non-hydrogen) atoms. The predicted octanol–water partition coefficient (Wildman–Crippen LogP) is 3.40. The highest BCUT2D eigenvalue weighted by molar-refractivity contribution is 7.90. The topological polar surface area (TPSA) is 88.4 Å². The smallest absolute Gasteiger partial charge is 0.336 e. The molecule has 0 radical (unpaired) electrons. The van der Waals surface area contributed by atoms with Crippen molar-refractivity contribution in [3.05, 3.63) is 40.2 Å². The van der Waals surface area contributed by atoms with Crippen molar-refractivity contribution in [2.75, 3.05) is 18.4 Å². The summed E-state index contributed by atoms with van der Waals surface area (Å²) in [5.41, 5.74) is 2.30. The van der Waals surface area contributed by atoms with Crippen LogP contribution in [-0.2, 0) is 10.0 Å². The summed E-state index contributed by atoms with van der Waals surface area (Å²) in [5, 5.41) is 4.32. The number of rotatable bonds is 8. The van der Waals surface area contributed by atoms with Crippen LogP contribution < -0.4 is 15.7 Å². The number of hydrogen-bond acceptors (Lipinski definition) is 5. The lowest BCUT2D eigenvalue weighted by molar-refractivity contribution is 0.540. The van der Waals surface area contributed by atoms with E-state index in [1.165, 1.54) is 6.07 Å². The van der Waals surface area contributed by atoms with Crippen LogP contribution in [0.5, 0.6) is 0 Å². The summed E-state index contributed by atoms with van der Waals surface area (Å²) in [6.07, 6.45) is 2.68. The third-order valence-electron chi connectivity index (χ3n) is 4.34. The van der Waals surface area contributed by atoms with Crippen LogP contribution in [0.25, 0.3) is 11.0 Å². The molecular formula is C19H28N2O4S. The molecule has 2 N–H and O–H groups in total. The molecule has 1 aromatic carbocycles. The van der Waals surface area contributed by atoms with Crippen LogP contribution in [-0.4, -0.2) is 26.3 Å². The highest BCUT2D eigenvalue weighted by Gasteiger charge is 2.27. The standard InChI is InChI=1S/C19H28N2O4S/c1-14-15-8-11-18(22)25-17(15)10-9-16(14)20-12-6-5-7-13-21-26(23,24)19(2,3)4/h8-11,20-21H,5-7,12-13H2,1-4H3. The van der Waals surface area contributed by atoms with Crippen LogP contribution in [0.2, 0.25) is 0 Å². The molecule has 1 aromatic heterocycles. The van der Waals surface area contributed by atoms with Crippen molar-refractivity contribution in [2.24, 2.45) is 0 Å². The molecule has 0 aliphatic heterocycles. The normalized spacial score (nSPS) is 12.5. The summed E-state index contributed by atoms with van der Waals surface area (Å²) in [7, 11) is -3.26. The lowest BCUT2D eigenvalue weighted by Crippen LogP contribution is -2.39. The maximum Gasteiger partial charge on any atom is 0.336 e. The largest absolute Gasteiger partial charge is 0.423 e. The molecule has 0 aliphatic carbocycles. The van der Waals surface area contributed by atoms with E-state index < -0.39 is 14.8 Å². The Hall–Kier alpha value is -1.86. The van der Waals surface area contributed by atoms with E-state index in [1.807, 2.05) is 13.0 Å². The summed E-state index contributed by atoms with van der Waals surface area (Å²) in [6, 6.07) is 6.92. The molecule has 144 valence electrons. The van der Waals surface area contributed by atoms with Crippen molar-refractivity contribution >= 4 is 26.7 Å². The second-order valence-electron chi connectivity index (χ2n) is 7.40. The second kappa shape index (κ2) is 8.22. The van der Waals surface area contributed by atoms with Gasteiger partial charge in [0.1, 0.15) is 5.58 Å². The molecule has 0 atom stereocenters. The Balaban J connectivity index is 1.77. The summed E-state index contributed by atoms with van der Waals surface area (Å²) in [4.78, 5) is 11.3. The summed E-state index contributed by atoms with van der Waals surface area (Å²) >= 11 is 0. The first kappa shape index (κ1) is 20.5. The monoisotopic (exact) mass is 380 g/mol. The van der Waals surface area contributed by atoms with E-state index in [0.29, 0.717) is 12.1 Å². The Labute approximate surface area is 155 Å². The number of unbranched alkanes of at least 4 members (excludes halogenated alkanes) is 2. The zero-order valence-electron chi connectivity index (χ0n) is 15.9. The van der Waals surface area contributed by atoms with Gasteiger partial charge in [-0.15, -0.1) is 0 Å². The first-order valence-electron chi connectivity index (χ1n) is 8.88. The number of aryl methyl sites for hydroxylation is 1. The highest BCUT2D eigenvalue weighted by Crippen LogP contribution is 2.24. The Bertz CT molecular complexity index is 911. The molecule has 0 spiro atoms. The van der Waals surface area contributed by atoms with Crippen molar-refractivity contribution in [3.63, 3.8) is 0 Å². The molecule has 7 heteroatoms. The van der Waals surface area contributed by atoms with Gasteiger partial charge in [0.2, 0.25) is 10.0 Å². The number of sulfonamides is 1. The molecule has 0 bridgehead atoms. The van der Waals surface area contributed by atoms with Crippen LogP contribution in [0, 0.1) is 6.92 Å². The Kier molecular flexibility index (Phi) is 6.47. The third kappa shape index (κ3) is 5.08. The van der Waals surface area contributed by atoms with Crippen LogP contribution in [0.1, 0.15) is 45.6 Å². The molecule has 0 saturated heterocycles. The minimum Gasteiger partial charge on any atom is -0.423 e. The lowest BCUT2D eigenvalue weighted by Gasteiger charge is -2.19. The van der Waals surface area contributed by atoms with E-state index in [9.17, 15) is 13.2 Å². The van der Waals surface area contributed by atoms with Gasteiger partial charge in [-0.2, -0.15) is 0 Å². The Morgan fingerprint density at radius 3 is 2.38 bits per heavy atom.